The molecule has 0 aliphatic carbocycles. The molecule has 2 N–H and O–H groups in total. The summed E-state index contributed by atoms with van der Waals surface area (Å²) in [5.74, 6) is -0.228. The summed E-state index contributed by atoms with van der Waals surface area (Å²) in [4.78, 5) is 2.21. The molecule has 112 valence electrons. The molecule has 0 amide bonds. The molecule has 0 radical (unpaired) electrons. The van der Waals surface area contributed by atoms with Gasteiger partial charge in [-0.1, -0.05) is 12.1 Å². The Labute approximate surface area is 119 Å². The maximum atomic E-state index is 12.8. The van der Waals surface area contributed by atoms with Crippen molar-refractivity contribution in [2.24, 2.45) is 0 Å². The fourth-order valence-electron chi connectivity index (χ4n) is 2.33. The summed E-state index contributed by atoms with van der Waals surface area (Å²) in [6, 6.07) is 6.54. The molecule has 0 aromatic heterocycles. The number of benzene rings is 1. The summed E-state index contributed by atoms with van der Waals surface area (Å²) in [5, 5.41) is 13.3. The highest BCUT2D eigenvalue weighted by molar-refractivity contribution is 5.19. The van der Waals surface area contributed by atoms with Crippen molar-refractivity contribution >= 4 is 0 Å². The zero-order chi connectivity index (χ0) is 14.4. The van der Waals surface area contributed by atoms with Crippen molar-refractivity contribution in [3.05, 3.63) is 35.6 Å². The molecule has 1 aliphatic rings. The largest absolute Gasteiger partial charge is 0.390 e. The smallest absolute Gasteiger partial charge is 0.123 e. The number of halogens is 1. The molecular formula is C15H23FN2O2. The predicted molar refractivity (Wildman–Crippen MR) is 76.1 cm³/mol. The topological polar surface area (TPSA) is 44.7 Å². The van der Waals surface area contributed by atoms with Gasteiger partial charge in [-0.05, 0) is 24.6 Å². The van der Waals surface area contributed by atoms with Crippen LogP contribution in [0, 0.1) is 5.82 Å². The molecule has 1 heterocycles. The van der Waals surface area contributed by atoms with Crippen molar-refractivity contribution in [1.29, 1.82) is 0 Å². The van der Waals surface area contributed by atoms with Gasteiger partial charge >= 0.3 is 0 Å². The third-order valence-electron chi connectivity index (χ3n) is 3.60. The van der Waals surface area contributed by atoms with E-state index in [9.17, 15) is 9.50 Å². The molecule has 1 aromatic carbocycles. The van der Waals surface area contributed by atoms with Crippen LogP contribution in [0.5, 0.6) is 0 Å². The van der Waals surface area contributed by atoms with Crippen LogP contribution in [-0.4, -0.2) is 55.5 Å². The minimum atomic E-state index is -0.406. The van der Waals surface area contributed by atoms with Gasteiger partial charge in [-0.25, -0.2) is 4.39 Å². The first-order chi connectivity index (χ1) is 9.65. The maximum absolute atomic E-state index is 12.8. The van der Waals surface area contributed by atoms with Crippen molar-refractivity contribution in [2.75, 3.05) is 39.4 Å². The quantitative estimate of drug-likeness (QED) is 0.822. The number of aliphatic hydroxyl groups excluding tert-OH is 1. The second-order valence-electron chi connectivity index (χ2n) is 5.25. The summed E-state index contributed by atoms with van der Waals surface area (Å²) in [7, 11) is 0. The van der Waals surface area contributed by atoms with Gasteiger partial charge in [0.05, 0.1) is 19.3 Å². The van der Waals surface area contributed by atoms with Gasteiger partial charge < -0.3 is 15.2 Å². The summed E-state index contributed by atoms with van der Waals surface area (Å²) < 4.78 is 18.1. The second kappa shape index (κ2) is 7.69. The first-order valence-electron chi connectivity index (χ1n) is 7.12. The highest BCUT2D eigenvalue weighted by Crippen LogP contribution is 2.12. The van der Waals surface area contributed by atoms with Gasteiger partial charge in [0.2, 0.25) is 0 Å². The lowest BCUT2D eigenvalue weighted by Gasteiger charge is -2.29. The van der Waals surface area contributed by atoms with Crippen LogP contribution in [0.3, 0.4) is 0 Å². The van der Waals surface area contributed by atoms with E-state index >= 15 is 0 Å². The van der Waals surface area contributed by atoms with Crippen molar-refractivity contribution in [3.8, 4) is 0 Å². The minimum absolute atomic E-state index is 0.0925. The van der Waals surface area contributed by atoms with E-state index in [4.69, 9.17) is 4.74 Å². The van der Waals surface area contributed by atoms with E-state index in [0.717, 1.165) is 31.9 Å². The first kappa shape index (κ1) is 15.4. The Bertz CT molecular complexity index is 393. The number of hydrogen-bond acceptors (Lipinski definition) is 4. The molecule has 4 nitrogen and oxygen atoms in total. The standard InChI is InChI=1S/C15H23FN2O2/c1-12(13-2-4-14(16)5-3-13)17-10-15(19)11-18-6-8-20-9-7-18/h2-5,12,15,17,19H,6-11H2,1H3/t12-,15?/m0/s1. The summed E-state index contributed by atoms with van der Waals surface area (Å²) in [6.45, 7) is 6.44. The van der Waals surface area contributed by atoms with Gasteiger partial charge in [0.15, 0.2) is 0 Å². The van der Waals surface area contributed by atoms with Gasteiger partial charge in [0.1, 0.15) is 5.82 Å². The second-order valence-corrected chi connectivity index (χ2v) is 5.25. The summed E-state index contributed by atoms with van der Waals surface area (Å²) in [5.41, 5.74) is 1.02. The number of ether oxygens (including phenoxy) is 1. The van der Waals surface area contributed by atoms with Crippen LogP contribution < -0.4 is 5.32 Å². The third kappa shape index (κ3) is 4.83. The summed E-state index contributed by atoms with van der Waals surface area (Å²) in [6.07, 6.45) is -0.406. The van der Waals surface area contributed by atoms with Crippen molar-refractivity contribution in [1.82, 2.24) is 10.2 Å². The molecule has 0 saturated carbocycles. The predicted octanol–water partition coefficient (Wildman–Crippen LogP) is 1.17. The van der Waals surface area contributed by atoms with E-state index in [2.05, 4.69) is 10.2 Å². The van der Waals surface area contributed by atoms with Gasteiger partial charge in [-0.15, -0.1) is 0 Å². The summed E-state index contributed by atoms with van der Waals surface area (Å²) >= 11 is 0. The van der Waals surface area contributed by atoms with Crippen LogP contribution in [-0.2, 0) is 4.74 Å². The molecule has 1 fully saturated rings. The molecular weight excluding hydrogens is 259 g/mol. The Hall–Kier alpha value is -1.01. The average Bonchev–Trinajstić information content (AvgIpc) is 2.46. The Morgan fingerprint density at radius 3 is 2.60 bits per heavy atom. The van der Waals surface area contributed by atoms with Gasteiger partial charge in [-0.2, -0.15) is 0 Å². The van der Waals surface area contributed by atoms with Crippen LogP contribution in [0.2, 0.25) is 0 Å². The van der Waals surface area contributed by atoms with Crippen molar-refractivity contribution in [3.63, 3.8) is 0 Å². The monoisotopic (exact) mass is 282 g/mol. The zero-order valence-corrected chi connectivity index (χ0v) is 11.9. The number of rotatable bonds is 6. The highest BCUT2D eigenvalue weighted by atomic mass is 19.1. The Morgan fingerprint density at radius 2 is 1.95 bits per heavy atom. The molecule has 2 atom stereocenters. The van der Waals surface area contributed by atoms with E-state index in [1.54, 1.807) is 12.1 Å². The van der Waals surface area contributed by atoms with E-state index in [0.29, 0.717) is 13.1 Å². The molecule has 1 saturated heterocycles. The third-order valence-corrected chi connectivity index (χ3v) is 3.60. The van der Waals surface area contributed by atoms with E-state index in [-0.39, 0.29) is 11.9 Å². The lowest BCUT2D eigenvalue weighted by atomic mass is 10.1. The van der Waals surface area contributed by atoms with Crippen LogP contribution in [0.4, 0.5) is 4.39 Å². The van der Waals surface area contributed by atoms with Crippen LogP contribution >= 0.6 is 0 Å². The number of nitrogens with zero attached hydrogens (tertiary/aromatic N) is 1. The van der Waals surface area contributed by atoms with Gasteiger partial charge in [-0.3, -0.25) is 4.90 Å². The maximum Gasteiger partial charge on any atom is 0.123 e. The molecule has 1 aromatic rings. The first-order valence-corrected chi connectivity index (χ1v) is 7.12. The molecule has 1 unspecified atom stereocenters. The number of nitrogens with one attached hydrogen (secondary N) is 1. The Balaban J connectivity index is 1.71. The lowest BCUT2D eigenvalue weighted by molar-refractivity contribution is 0.0145. The van der Waals surface area contributed by atoms with Crippen molar-refractivity contribution in [2.45, 2.75) is 19.1 Å². The average molecular weight is 282 g/mol. The van der Waals surface area contributed by atoms with E-state index in [1.807, 2.05) is 6.92 Å². The van der Waals surface area contributed by atoms with Gasteiger partial charge in [0, 0.05) is 32.2 Å². The highest BCUT2D eigenvalue weighted by Gasteiger charge is 2.15. The molecule has 5 heteroatoms. The van der Waals surface area contributed by atoms with Crippen LogP contribution in [0.15, 0.2) is 24.3 Å². The van der Waals surface area contributed by atoms with E-state index < -0.39 is 6.10 Å². The SMILES string of the molecule is C[C@H](NCC(O)CN1CCOCC1)c1ccc(F)cc1. The molecule has 1 aliphatic heterocycles. The Morgan fingerprint density at radius 1 is 1.30 bits per heavy atom. The van der Waals surface area contributed by atoms with Crippen molar-refractivity contribution < 1.29 is 14.2 Å². The zero-order valence-electron chi connectivity index (χ0n) is 11.9. The number of hydrogen-bond donors (Lipinski definition) is 2. The molecule has 0 spiro atoms. The molecule has 20 heavy (non-hydrogen) atoms. The fraction of sp³-hybridized carbons (Fsp3) is 0.600. The number of β-amino-alcohol motifs (C(OH)–C–C–N with tert-alkyl or cyclic N) is 1. The molecule has 0 bridgehead atoms. The van der Waals surface area contributed by atoms with Gasteiger partial charge in [0.25, 0.3) is 0 Å². The number of morpholine rings is 1. The lowest BCUT2D eigenvalue weighted by Crippen LogP contribution is -2.44. The molecule has 2 rings (SSSR count). The Kier molecular flexibility index (Phi) is 5.91. The van der Waals surface area contributed by atoms with Crippen LogP contribution in [0.25, 0.3) is 0 Å². The number of aliphatic hydroxyl groups is 1. The van der Waals surface area contributed by atoms with E-state index in [1.165, 1.54) is 12.1 Å². The normalized spacial score (nSPS) is 19.8. The van der Waals surface area contributed by atoms with Crippen LogP contribution in [0.1, 0.15) is 18.5 Å². The minimum Gasteiger partial charge on any atom is -0.390 e. The fourth-order valence-corrected chi connectivity index (χ4v) is 2.33.